The highest BCUT2D eigenvalue weighted by atomic mass is 16.1. The average molecular weight is 267 g/mol. The summed E-state index contributed by atoms with van der Waals surface area (Å²) in [5.41, 5.74) is 10.3. The Labute approximate surface area is 120 Å². The predicted molar refractivity (Wildman–Crippen MR) is 82.9 cm³/mol. The zero-order chi connectivity index (χ0) is 14.5. The first-order chi connectivity index (χ1) is 9.61. The van der Waals surface area contributed by atoms with Gasteiger partial charge in [0.05, 0.1) is 5.92 Å². The van der Waals surface area contributed by atoms with Crippen molar-refractivity contribution in [2.75, 3.05) is 6.54 Å². The van der Waals surface area contributed by atoms with Gasteiger partial charge in [-0.1, -0.05) is 54.1 Å². The van der Waals surface area contributed by atoms with Gasteiger partial charge in [-0.05, 0) is 30.5 Å². The molecular formula is C18H21NO. The first kappa shape index (κ1) is 14.5. The highest BCUT2D eigenvalue weighted by Crippen LogP contribution is 2.19. The summed E-state index contributed by atoms with van der Waals surface area (Å²) >= 11 is 0. The molecule has 0 aliphatic carbocycles. The Morgan fingerprint density at radius 1 is 1.10 bits per heavy atom. The minimum atomic E-state index is -0.212. The highest BCUT2D eigenvalue weighted by molar-refractivity contribution is 5.88. The fourth-order valence-corrected chi connectivity index (χ4v) is 2.44. The van der Waals surface area contributed by atoms with Gasteiger partial charge in [0.25, 0.3) is 0 Å². The van der Waals surface area contributed by atoms with E-state index in [0.29, 0.717) is 13.0 Å². The largest absolute Gasteiger partial charge is 0.329 e. The van der Waals surface area contributed by atoms with E-state index in [2.05, 4.69) is 18.2 Å². The van der Waals surface area contributed by atoms with Gasteiger partial charge in [-0.2, -0.15) is 0 Å². The van der Waals surface area contributed by atoms with Gasteiger partial charge in [0, 0.05) is 13.0 Å². The van der Waals surface area contributed by atoms with Crippen LogP contribution in [0.3, 0.4) is 0 Å². The van der Waals surface area contributed by atoms with E-state index in [1.807, 2.05) is 44.2 Å². The summed E-state index contributed by atoms with van der Waals surface area (Å²) in [6.45, 7) is 4.45. The predicted octanol–water partition coefficient (Wildman–Crippen LogP) is 3.16. The molecule has 2 N–H and O–H groups in total. The Kier molecular flexibility index (Phi) is 4.70. The lowest BCUT2D eigenvalue weighted by Gasteiger charge is -2.15. The van der Waals surface area contributed by atoms with E-state index in [1.54, 1.807) is 0 Å². The van der Waals surface area contributed by atoms with Crippen molar-refractivity contribution in [3.05, 3.63) is 70.8 Å². The van der Waals surface area contributed by atoms with E-state index >= 15 is 0 Å². The molecule has 0 fully saturated rings. The molecule has 0 aliphatic rings. The van der Waals surface area contributed by atoms with Gasteiger partial charge >= 0.3 is 0 Å². The second kappa shape index (κ2) is 6.49. The zero-order valence-electron chi connectivity index (χ0n) is 12.1. The molecule has 2 aromatic carbocycles. The normalized spacial score (nSPS) is 12.2. The Balaban J connectivity index is 2.20. The number of nitrogens with two attached hydrogens (primary N) is 1. The van der Waals surface area contributed by atoms with Crippen molar-refractivity contribution in [2.45, 2.75) is 26.2 Å². The zero-order valence-corrected chi connectivity index (χ0v) is 12.1. The second-order valence-corrected chi connectivity index (χ2v) is 5.27. The number of Topliss-reactive ketones (excluding diaryl/α,β-unsaturated/α-hetero) is 1. The van der Waals surface area contributed by atoms with Crippen molar-refractivity contribution in [3.8, 4) is 0 Å². The molecule has 0 aromatic heterocycles. The molecule has 0 bridgehead atoms. The minimum absolute atomic E-state index is 0.187. The van der Waals surface area contributed by atoms with Crippen LogP contribution in [0.2, 0.25) is 0 Å². The van der Waals surface area contributed by atoms with Crippen LogP contribution in [0.15, 0.2) is 48.5 Å². The first-order valence-corrected chi connectivity index (χ1v) is 6.95. The topological polar surface area (TPSA) is 43.1 Å². The van der Waals surface area contributed by atoms with Crippen molar-refractivity contribution in [1.29, 1.82) is 0 Å². The molecule has 0 amide bonds. The minimum Gasteiger partial charge on any atom is -0.329 e. The van der Waals surface area contributed by atoms with Gasteiger partial charge in [-0.25, -0.2) is 0 Å². The van der Waals surface area contributed by atoms with E-state index < -0.39 is 0 Å². The number of hydrogen-bond acceptors (Lipinski definition) is 2. The molecule has 1 atom stereocenters. The first-order valence-electron chi connectivity index (χ1n) is 6.95. The van der Waals surface area contributed by atoms with Crippen LogP contribution in [-0.2, 0) is 11.2 Å². The van der Waals surface area contributed by atoms with Gasteiger partial charge in [-0.15, -0.1) is 0 Å². The number of benzene rings is 2. The van der Waals surface area contributed by atoms with Crippen LogP contribution < -0.4 is 5.73 Å². The molecule has 0 heterocycles. The van der Waals surface area contributed by atoms with E-state index in [0.717, 1.165) is 16.7 Å². The lowest BCUT2D eigenvalue weighted by molar-refractivity contribution is -0.119. The molecule has 0 aliphatic heterocycles. The van der Waals surface area contributed by atoms with Crippen LogP contribution in [0.4, 0.5) is 0 Å². The molecule has 1 unspecified atom stereocenters. The molecule has 0 spiro atoms. The number of aryl methyl sites for hydroxylation is 2. The summed E-state index contributed by atoms with van der Waals surface area (Å²) in [7, 11) is 0. The summed E-state index contributed by atoms with van der Waals surface area (Å²) in [6.07, 6.45) is 0.449. The quantitative estimate of drug-likeness (QED) is 0.904. The van der Waals surface area contributed by atoms with Crippen molar-refractivity contribution >= 4 is 5.78 Å². The van der Waals surface area contributed by atoms with E-state index in [9.17, 15) is 4.79 Å². The number of carbonyl (C=O) groups excluding carboxylic acids is 1. The number of rotatable bonds is 5. The van der Waals surface area contributed by atoms with Crippen LogP contribution in [-0.4, -0.2) is 12.3 Å². The van der Waals surface area contributed by atoms with Gasteiger partial charge in [0.2, 0.25) is 0 Å². The molecule has 0 radical (unpaired) electrons. The van der Waals surface area contributed by atoms with Gasteiger partial charge in [0.15, 0.2) is 0 Å². The molecule has 2 rings (SSSR count). The van der Waals surface area contributed by atoms with Crippen molar-refractivity contribution in [2.24, 2.45) is 5.73 Å². The third kappa shape index (κ3) is 3.34. The van der Waals surface area contributed by atoms with Crippen molar-refractivity contribution in [3.63, 3.8) is 0 Å². The third-order valence-electron chi connectivity index (χ3n) is 3.70. The van der Waals surface area contributed by atoms with E-state index in [-0.39, 0.29) is 11.7 Å². The fourth-order valence-electron chi connectivity index (χ4n) is 2.44. The van der Waals surface area contributed by atoms with Crippen molar-refractivity contribution < 1.29 is 4.79 Å². The lowest BCUT2D eigenvalue weighted by atomic mass is 9.89. The molecule has 0 saturated heterocycles. The summed E-state index contributed by atoms with van der Waals surface area (Å²) in [5.74, 6) is -0.0245. The maximum absolute atomic E-state index is 12.5. The maximum Gasteiger partial charge on any atom is 0.145 e. The Hall–Kier alpha value is -1.93. The van der Waals surface area contributed by atoms with E-state index in [1.165, 1.54) is 5.56 Å². The number of carbonyl (C=O) groups is 1. The molecule has 104 valence electrons. The molecule has 2 heteroatoms. The van der Waals surface area contributed by atoms with Crippen LogP contribution in [0.5, 0.6) is 0 Å². The summed E-state index contributed by atoms with van der Waals surface area (Å²) in [4.78, 5) is 12.5. The molecule has 0 saturated carbocycles. The molecule has 20 heavy (non-hydrogen) atoms. The Bertz CT molecular complexity index is 590. The van der Waals surface area contributed by atoms with Gasteiger partial charge < -0.3 is 5.73 Å². The van der Waals surface area contributed by atoms with Crippen LogP contribution in [0, 0.1) is 13.8 Å². The van der Waals surface area contributed by atoms with Crippen LogP contribution in [0.25, 0.3) is 0 Å². The Morgan fingerprint density at radius 3 is 2.45 bits per heavy atom. The average Bonchev–Trinajstić information content (AvgIpc) is 2.45. The Morgan fingerprint density at radius 2 is 1.80 bits per heavy atom. The smallest absolute Gasteiger partial charge is 0.145 e. The van der Waals surface area contributed by atoms with Crippen LogP contribution >= 0.6 is 0 Å². The lowest BCUT2D eigenvalue weighted by Crippen LogP contribution is -2.23. The molecule has 2 nitrogen and oxygen atoms in total. The second-order valence-electron chi connectivity index (χ2n) is 5.27. The highest BCUT2D eigenvalue weighted by Gasteiger charge is 2.19. The van der Waals surface area contributed by atoms with E-state index in [4.69, 9.17) is 5.73 Å². The van der Waals surface area contributed by atoms with Gasteiger partial charge in [0.1, 0.15) is 5.78 Å². The third-order valence-corrected chi connectivity index (χ3v) is 3.70. The summed E-state index contributed by atoms with van der Waals surface area (Å²) in [5, 5.41) is 0. The fraction of sp³-hybridized carbons (Fsp3) is 0.278. The number of ketones is 1. The summed E-state index contributed by atoms with van der Waals surface area (Å²) < 4.78 is 0. The summed E-state index contributed by atoms with van der Waals surface area (Å²) in [6, 6.07) is 16.0. The van der Waals surface area contributed by atoms with Crippen molar-refractivity contribution in [1.82, 2.24) is 0 Å². The maximum atomic E-state index is 12.5. The van der Waals surface area contributed by atoms with Gasteiger partial charge in [-0.3, -0.25) is 4.79 Å². The molecular weight excluding hydrogens is 246 g/mol. The SMILES string of the molecule is Cc1ccc(C)c(CC(=O)C(CN)c2ccccc2)c1. The molecule has 2 aromatic rings. The van der Waals surface area contributed by atoms with Crippen LogP contribution in [0.1, 0.15) is 28.2 Å². The number of hydrogen-bond donors (Lipinski definition) is 1. The monoisotopic (exact) mass is 267 g/mol. The standard InChI is InChI=1S/C18H21NO/c1-13-8-9-14(2)16(10-13)11-18(20)17(12-19)15-6-4-3-5-7-15/h3-10,17H,11-12,19H2,1-2H3.